The van der Waals surface area contributed by atoms with Gasteiger partial charge in [-0.2, -0.15) is 13.2 Å². The second kappa shape index (κ2) is 7.46. The highest BCUT2D eigenvalue weighted by Crippen LogP contribution is 2.38. The number of benzene rings is 1. The van der Waals surface area contributed by atoms with Crippen molar-refractivity contribution in [3.63, 3.8) is 0 Å². The number of carbonyl (C=O) groups excluding carboxylic acids is 2. The Labute approximate surface area is 129 Å². The molecule has 0 radical (unpaired) electrons. The summed E-state index contributed by atoms with van der Waals surface area (Å²) in [5.41, 5.74) is 4.07. The zero-order valence-electron chi connectivity index (χ0n) is 11.5. The fraction of sp³-hybridized carbons (Fsp3) is 0.385. The van der Waals surface area contributed by atoms with Crippen molar-refractivity contribution in [2.75, 3.05) is 13.7 Å². The van der Waals surface area contributed by atoms with Gasteiger partial charge in [0.15, 0.2) is 0 Å². The van der Waals surface area contributed by atoms with Gasteiger partial charge in [0.05, 0.1) is 36.7 Å². The predicted octanol–water partition coefficient (Wildman–Crippen LogP) is 2.04. The van der Waals surface area contributed by atoms with Crippen molar-refractivity contribution >= 4 is 23.5 Å². The van der Waals surface area contributed by atoms with Gasteiger partial charge in [-0.1, -0.05) is 23.7 Å². The highest BCUT2D eigenvalue weighted by Gasteiger charge is 2.35. The van der Waals surface area contributed by atoms with Gasteiger partial charge in [0.25, 0.3) is 0 Å². The van der Waals surface area contributed by atoms with E-state index in [-0.39, 0.29) is 18.5 Å². The van der Waals surface area contributed by atoms with E-state index in [1.807, 2.05) is 0 Å². The van der Waals surface area contributed by atoms with Crippen LogP contribution in [0.5, 0.6) is 0 Å². The van der Waals surface area contributed by atoms with Gasteiger partial charge < -0.3 is 15.8 Å². The van der Waals surface area contributed by atoms with E-state index in [4.69, 9.17) is 17.3 Å². The molecule has 0 unspecified atom stereocenters. The van der Waals surface area contributed by atoms with Crippen molar-refractivity contribution in [2.24, 2.45) is 5.73 Å². The van der Waals surface area contributed by atoms with E-state index >= 15 is 0 Å². The van der Waals surface area contributed by atoms with Crippen LogP contribution < -0.4 is 11.1 Å². The maximum Gasteiger partial charge on any atom is 0.417 e. The molecule has 9 heteroatoms. The molecule has 0 bridgehead atoms. The summed E-state index contributed by atoms with van der Waals surface area (Å²) in [6, 6.07) is 2.18. The first-order valence-corrected chi connectivity index (χ1v) is 6.50. The number of esters is 1. The van der Waals surface area contributed by atoms with Crippen molar-refractivity contribution < 1.29 is 27.5 Å². The first-order chi connectivity index (χ1) is 10.2. The quantitative estimate of drug-likeness (QED) is 0.805. The minimum atomic E-state index is -4.65. The number of hydrogen-bond acceptors (Lipinski definition) is 4. The maximum atomic E-state index is 12.9. The van der Waals surface area contributed by atoms with Crippen LogP contribution in [0.2, 0.25) is 5.02 Å². The van der Waals surface area contributed by atoms with Crippen LogP contribution in [-0.2, 0) is 20.5 Å². The Morgan fingerprint density at radius 3 is 2.55 bits per heavy atom. The summed E-state index contributed by atoms with van der Waals surface area (Å²) >= 11 is 5.79. The smallest absolute Gasteiger partial charge is 0.417 e. The molecule has 22 heavy (non-hydrogen) atoms. The highest BCUT2D eigenvalue weighted by molar-refractivity contribution is 6.32. The van der Waals surface area contributed by atoms with Crippen LogP contribution in [0, 0.1) is 0 Å². The van der Waals surface area contributed by atoms with E-state index in [2.05, 4.69) is 10.1 Å². The Morgan fingerprint density at radius 1 is 1.41 bits per heavy atom. The molecule has 1 amide bonds. The van der Waals surface area contributed by atoms with Gasteiger partial charge in [-0.25, -0.2) is 0 Å². The minimum absolute atomic E-state index is 0.0382. The number of alkyl halides is 3. The lowest BCUT2D eigenvalue weighted by Gasteiger charge is -2.21. The fourth-order valence-electron chi connectivity index (χ4n) is 1.78. The van der Waals surface area contributed by atoms with Crippen LogP contribution in [0.25, 0.3) is 0 Å². The van der Waals surface area contributed by atoms with Crippen molar-refractivity contribution in [2.45, 2.75) is 18.6 Å². The average Bonchev–Trinajstić information content (AvgIpc) is 2.45. The summed E-state index contributed by atoms with van der Waals surface area (Å²) in [4.78, 5) is 22.8. The van der Waals surface area contributed by atoms with Crippen molar-refractivity contribution in [3.8, 4) is 0 Å². The summed E-state index contributed by atoms with van der Waals surface area (Å²) in [6.07, 6.45) is -5.02. The lowest BCUT2D eigenvalue weighted by molar-refractivity contribution is -0.141. The molecule has 1 aromatic carbocycles. The number of ether oxygens (including phenoxy) is 1. The number of halogens is 4. The van der Waals surface area contributed by atoms with E-state index in [1.165, 1.54) is 6.07 Å². The molecule has 0 aliphatic rings. The monoisotopic (exact) mass is 338 g/mol. The Balaban J connectivity index is 3.24. The Bertz CT molecular complexity index is 546. The summed E-state index contributed by atoms with van der Waals surface area (Å²) in [7, 11) is 1.12. The molecule has 1 aromatic rings. The van der Waals surface area contributed by atoms with Crippen LogP contribution in [0.15, 0.2) is 18.2 Å². The molecule has 0 saturated heterocycles. The van der Waals surface area contributed by atoms with Gasteiger partial charge in [0, 0.05) is 0 Å². The van der Waals surface area contributed by atoms with E-state index in [0.29, 0.717) is 0 Å². The number of amides is 1. The standard InChI is InChI=1S/C13H14ClF3N2O3/c1-22-11(21)5-9(19-10(20)6-18)7-3-2-4-8(12(7)14)13(15,16)17/h2-4,9H,5-6,18H2,1H3,(H,19,20)/t9-/m0/s1. The Morgan fingerprint density at radius 2 is 2.05 bits per heavy atom. The summed E-state index contributed by atoms with van der Waals surface area (Å²) in [5, 5.41) is 1.77. The second-order valence-electron chi connectivity index (χ2n) is 4.31. The Kier molecular flexibility index (Phi) is 6.19. The highest BCUT2D eigenvalue weighted by atomic mass is 35.5. The van der Waals surface area contributed by atoms with Crippen LogP contribution in [0.1, 0.15) is 23.6 Å². The molecule has 3 N–H and O–H groups in total. The molecule has 122 valence electrons. The van der Waals surface area contributed by atoms with Crippen molar-refractivity contribution in [1.82, 2.24) is 5.32 Å². The lowest BCUT2D eigenvalue weighted by atomic mass is 10.0. The number of rotatable bonds is 5. The van der Waals surface area contributed by atoms with Crippen LogP contribution in [0.4, 0.5) is 13.2 Å². The lowest BCUT2D eigenvalue weighted by Crippen LogP contribution is -2.35. The molecule has 1 rings (SSSR count). The van der Waals surface area contributed by atoms with Gasteiger partial charge in [-0.3, -0.25) is 9.59 Å². The van der Waals surface area contributed by atoms with Crippen LogP contribution >= 0.6 is 11.6 Å². The van der Waals surface area contributed by atoms with Gasteiger partial charge in [0.1, 0.15) is 0 Å². The summed E-state index contributed by atoms with van der Waals surface area (Å²) in [5.74, 6) is -1.35. The molecule has 1 atom stereocenters. The van der Waals surface area contributed by atoms with E-state index in [9.17, 15) is 22.8 Å². The molecular formula is C13H14ClF3N2O3. The molecule has 0 heterocycles. The fourth-order valence-corrected chi connectivity index (χ4v) is 2.14. The van der Waals surface area contributed by atoms with Gasteiger partial charge in [-0.05, 0) is 11.6 Å². The molecular weight excluding hydrogens is 325 g/mol. The predicted molar refractivity (Wildman–Crippen MR) is 73.0 cm³/mol. The minimum Gasteiger partial charge on any atom is -0.469 e. The third kappa shape index (κ3) is 4.60. The zero-order chi connectivity index (χ0) is 16.9. The van der Waals surface area contributed by atoms with E-state index in [1.54, 1.807) is 0 Å². The molecule has 5 nitrogen and oxygen atoms in total. The van der Waals surface area contributed by atoms with Gasteiger partial charge in [0.2, 0.25) is 5.91 Å². The second-order valence-corrected chi connectivity index (χ2v) is 4.69. The summed E-state index contributed by atoms with van der Waals surface area (Å²) < 4.78 is 43.1. The molecule has 0 saturated carbocycles. The first kappa shape index (κ1) is 18.2. The molecule has 0 aliphatic carbocycles. The third-order valence-corrected chi connectivity index (χ3v) is 3.25. The third-order valence-electron chi connectivity index (χ3n) is 2.83. The number of nitrogens with two attached hydrogens (primary N) is 1. The van der Waals surface area contributed by atoms with Crippen molar-refractivity contribution in [3.05, 3.63) is 34.3 Å². The topological polar surface area (TPSA) is 81.4 Å². The molecule has 0 aliphatic heterocycles. The first-order valence-electron chi connectivity index (χ1n) is 6.12. The van der Waals surface area contributed by atoms with E-state index < -0.39 is 34.7 Å². The normalized spacial score (nSPS) is 12.6. The number of carbonyl (C=O) groups is 2. The molecule has 0 aromatic heterocycles. The molecule has 0 fully saturated rings. The summed E-state index contributed by atoms with van der Waals surface area (Å²) in [6.45, 7) is -0.381. The average molecular weight is 339 g/mol. The Hall–Kier alpha value is -1.80. The van der Waals surface area contributed by atoms with Gasteiger partial charge in [-0.15, -0.1) is 0 Å². The zero-order valence-corrected chi connectivity index (χ0v) is 12.3. The number of hydrogen-bond donors (Lipinski definition) is 2. The number of methoxy groups -OCH3 is 1. The van der Waals surface area contributed by atoms with Gasteiger partial charge >= 0.3 is 12.1 Å². The van der Waals surface area contributed by atoms with Crippen LogP contribution in [0.3, 0.4) is 0 Å². The van der Waals surface area contributed by atoms with E-state index in [0.717, 1.165) is 19.2 Å². The maximum absolute atomic E-state index is 12.9. The largest absolute Gasteiger partial charge is 0.469 e. The van der Waals surface area contributed by atoms with Crippen molar-refractivity contribution in [1.29, 1.82) is 0 Å². The molecule has 0 spiro atoms. The SMILES string of the molecule is COC(=O)C[C@H](NC(=O)CN)c1cccc(C(F)(F)F)c1Cl. The van der Waals surface area contributed by atoms with Crippen LogP contribution in [-0.4, -0.2) is 25.5 Å². The number of nitrogens with one attached hydrogen (secondary N) is 1.